The Labute approximate surface area is 109 Å². The predicted octanol–water partition coefficient (Wildman–Crippen LogP) is 1.89. The summed E-state index contributed by atoms with van der Waals surface area (Å²) >= 11 is 0. The monoisotopic (exact) mass is 263 g/mol. The highest BCUT2D eigenvalue weighted by Crippen LogP contribution is 2.26. The van der Waals surface area contributed by atoms with E-state index in [0.717, 1.165) is 11.5 Å². The summed E-state index contributed by atoms with van der Waals surface area (Å²) in [6.45, 7) is 2.75. The van der Waals surface area contributed by atoms with Crippen LogP contribution >= 0.6 is 0 Å². The lowest BCUT2D eigenvalue weighted by molar-refractivity contribution is -0.385. The molecule has 7 heteroatoms. The number of nitro groups is 1. The Morgan fingerprint density at radius 1 is 1.42 bits per heavy atom. The summed E-state index contributed by atoms with van der Waals surface area (Å²) in [6, 6.07) is 6.10. The topological polar surface area (TPSA) is 101 Å². The molecular weight excluding hydrogens is 250 g/mol. The Morgan fingerprint density at radius 2 is 2.21 bits per heavy atom. The molecule has 2 rings (SSSR count). The Kier molecular flexibility index (Phi) is 3.76. The van der Waals surface area contributed by atoms with Gasteiger partial charge in [-0.1, -0.05) is 11.2 Å². The Morgan fingerprint density at radius 3 is 2.84 bits per heavy atom. The van der Waals surface area contributed by atoms with Crippen molar-refractivity contribution in [1.82, 2.24) is 10.5 Å². The van der Waals surface area contributed by atoms with E-state index in [1.165, 1.54) is 12.1 Å². The van der Waals surface area contributed by atoms with Gasteiger partial charge in [-0.25, -0.2) is 0 Å². The summed E-state index contributed by atoms with van der Waals surface area (Å²) in [6.07, 6.45) is 0. The molecule has 0 atom stereocenters. The molecule has 0 radical (unpaired) electrons. The van der Waals surface area contributed by atoms with E-state index in [1.807, 2.05) is 6.07 Å². The summed E-state index contributed by atoms with van der Waals surface area (Å²) in [5.41, 5.74) is 1.19. The van der Waals surface area contributed by atoms with Crippen LogP contribution in [0.1, 0.15) is 17.0 Å². The lowest BCUT2D eigenvalue weighted by Gasteiger charge is -2.03. The lowest BCUT2D eigenvalue weighted by Crippen LogP contribution is -2.12. The zero-order valence-corrected chi connectivity index (χ0v) is 10.3. The van der Waals surface area contributed by atoms with Gasteiger partial charge < -0.3 is 14.9 Å². The molecule has 100 valence electrons. The van der Waals surface area contributed by atoms with Gasteiger partial charge in [-0.2, -0.15) is 0 Å². The van der Waals surface area contributed by atoms with Gasteiger partial charge in [0.15, 0.2) is 5.75 Å². The van der Waals surface area contributed by atoms with E-state index in [1.54, 1.807) is 13.0 Å². The minimum absolute atomic E-state index is 0.295. The van der Waals surface area contributed by atoms with E-state index in [-0.39, 0.29) is 11.4 Å². The van der Waals surface area contributed by atoms with Crippen LogP contribution in [0.15, 0.2) is 28.8 Å². The zero-order valence-electron chi connectivity index (χ0n) is 10.3. The number of nitrogens with zero attached hydrogens (tertiary/aromatic N) is 2. The van der Waals surface area contributed by atoms with Gasteiger partial charge in [0, 0.05) is 25.2 Å². The van der Waals surface area contributed by atoms with Crippen LogP contribution in [-0.4, -0.2) is 15.2 Å². The smallest absolute Gasteiger partial charge is 0.311 e. The van der Waals surface area contributed by atoms with Crippen molar-refractivity contribution in [3.05, 3.63) is 51.4 Å². The van der Waals surface area contributed by atoms with Crippen LogP contribution in [0.5, 0.6) is 5.75 Å². The molecule has 0 unspecified atom stereocenters. The Balaban J connectivity index is 1.96. The number of rotatable bonds is 5. The van der Waals surface area contributed by atoms with Crippen molar-refractivity contribution in [1.29, 1.82) is 0 Å². The van der Waals surface area contributed by atoms with E-state index in [2.05, 4.69) is 10.5 Å². The molecule has 0 spiro atoms. The number of aromatic hydroxyl groups is 1. The first-order chi connectivity index (χ1) is 9.06. The second kappa shape index (κ2) is 5.49. The second-order valence-electron chi connectivity index (χ2n) is 4.11. The van der Waals surface area contributed by atoms with Crippen molar-refractivity contribution in [2.24, 2.45) is 0 Å². The first-order valence-electron chi connectivity index (χ1n) is 5.65. The van der Waals surface area contributed by atoms with Crippen molar-refractivity contribution >= 4 is 5.69 Å². The summed E-state index contributed by atoms with van der Waals surface area (Å²) in [7, 11) is 0. The van der Waals surface area contributed by atoms with E-state index in [9.17, 15) is 15.2 Å². The first kappa shape index (κ1) is 13.0. The summed E-state index contributed by atoms with van der Waals surface area (Å²) < 4.78 is 4.92. The van der Waals surface area contributed by atoms with Crippen molar-refractivity contribution in [2.75, 3.05) is 0 Å². The number of benzene rings is 1. The second-order valence-corrected chi connectivity index (χ2v) is 4.11. The van der Waals surface area contributed by atoms with Crippen LogP contribution in [0.25, 0.3) is 0 Å². The van der Waals surface area contributed by atoms with E-state index in [4.69, 9.17) is 4.52 Å². The highest BCUT2D eigenvalue weighted by atomic mass is 16.6. The van der Waals surface area contributed by atoms with E-state index >= 15 is 0 Å². The molecule has 2 N–H and O–H groups in total. The third-order valence-corrected chi connectivity index (χ3v) is 2.55. The van der Waals surface area contributed by atoms with Gasteiger partial charge >= 0.3 is 5.69 Å². The largest absolute Gasteiger partial charge is 0.502 e. The number of nitro benzene ring substituents is 1. The van der Waals surface area contributed by atoms with Gasteiger partial charge in [0.2, 0.25) is 0 Å². The number of aryl methyl sites for hydroxylation is 1. The minimum atomic E-state index is -0.611. The van der Waals surface area contributed by atoms with Crippen LogP contribution in [0, 0.1) is 17.0 Å². The molecule has 0 amide bonds. The molecular formula is C12H13N3O4. The van der Waals surface area contributed by atoms with Crippen molar-refractivity contribution in [3.8, 4) is 5.75 Å². The van der Waals surface area contributed by atoms with Crippen LogP contribution in [0.4, 0.5) is 5.69 Å². The minimum Gasteiger partial charge on any atom is -0.502 e. The van der Waals surface area contributed by atoms with Crippen LogP contribution < -0.4 is 5.32 Å². The van der Waals surface area contributed by atoms with Gasteiger partial charge in [-0.15, -0.1) is 0 Å². The summed E-state index contributed by atoms with van der Waals surface area (Å²) in [5.74, 6) is 0.401. The number of hydrogen-bond donors (Lipinski definition) is 2. The van der Waals surface area contributed by atoms with Gasteiger partial charge in [0.1, 0.15) is 5.76 Å². The quantitative estimate of drug-likeness (QED) is 0.631. The molecule has 2 aromatic rings. The van der Waals surface area contributed by atoms with Crippen molar-refractivity contribution in [3.63, 3.8) is 0 Å². The van der Waals surface area contributed by atoms with Gasteiger partial charge in [-0.05, 0) is 18.6 Å². The molecule has 19 heavy (non-hydrogen) atoms. The number of nitrogens with one attached hydrogen (secondary N) is 1. The average molecular weight is 263 g/mol. The average Bonchev–Trinajstić information content (AvgIpc) is 2.77. The van der Waals surface area contributed by atoms with Crippen LogP contribution in [0.2, 0.25) is 0 Å². The third-order valence-electron chi connectivity index (χ3n) is 2.55. The molecule has 7 nitrogen and oxygen atoms in total. The lowest BCUT2D eigenvalue weighted by atomic mass is 10.2. The molecule has 0 saturated heterocycles. The number of phenolic OH excluding ortho intramolecular Hbond substituents is 1. The zero-order chi connectivity index (χ0) is 13.8. The molecule has 0 aliphatic heterocycles. The molecule has 0 saturated carbocycles. The molecule has 0 fully saturated rings. The van der Waals surface area contributed by atoms with Crippen LogP contribution in [0.3, 0.4) is 0 Å². The highest BCUT2D eigenvalue weighted by Gasteiger charge is 2.13. The normalized spacial score (nSPS) is 10.6. The van der Waals surface area contributed by atoms with Crippen molar-refractivity contribution < 1.29 is 14.6 Å². The maximum Gasteiger partial charge on any atom is 0.311 e. The number of aromatic nitrogens is 1. The summed E-state index contributed by atoms with van der Waals surface area (Å²) in [5, 5.41) is 26.9. The van der Waals surface area contributed by atoms with E-state index in [0.29, 0.717) is 18.7 Å². The molecule has 1 aromatic heterocycles. The fourth-order valence-corrected chi connectivity index (χ4v) is 1.66. The Bertz CT molecular complexity index is 594. The van der Waals surface area contributed by atoms with Gasteiger partial charge in [-0.3, -0.25) is 10.1 Å². The van der Waals surface area contributed by atoms with Crippen LogP contribution in [-0.2, 0) is 13.1 Å². The van der Waals surface area contributed by atoms with Gasteiger partial charge in [0.25, 0.3) is 0 Å². The molecule has 0 aliphatic rings. The van der Waals surface area contributed by atoms with Crippen molar-refractivity contribution in [2.45, 2.75) is 20.0 Å². The van der Waals surface area contributed by atoms with E-state index < -0.39 is 4.92 Å². The fraction of sp³-hybridized carbons (Fsp3) is 0.250. The maximum atomic E-state index is 10.7. The van der Waals surface area contributed by atoms with Gasteiger partial charge in [0.05, 0.1) is 10.6 Å². The molecule has 0 bridgehead atoms. The highest BCUT2D eigenvalue weighted by molar-refractivity contribution is 5.47. The SMILES string of the molecule is Cc1cc(CNCc2ccc(O)c([N+](=O)[O-])c2)no1. The summed E-state index contributed by atoms with van der Waals surface area (Å²) in [4.78, 5) is 10.1. The molecule has 1 heterocycles. The molecule has 1 aromatic carbocycles. The maximum absolute atomic E-state index is 10.7. The predicted molar refractivity (Wildman–Crippen MR) is 66.5 cm³/mol. The number of hydrogen-bond acceptors (Lipinski definition) is 6. The fourth-order valence-electron chi connectivity index (χ4n) is 1.66. The third kappa shape index (κ3) is 3.29. The Hall–Kier alpha value is -2.41. The number of phenols is 1. The standard InChI is InChI=1S/C12H13N3O4/c1-8-4-10(14-19-8)7-13-6-9-2-3-12(16)11(5-9)15(17)18/h2-5,13,16H,6-7H2,1H3. The molecule has 0 aliphatic carbocycles. The first-order valence-corrected chi connectivity index (χ1v) is 5.65.